The van der Waals surface area contributed by atoms with E-state index in [0.29, 0.717) is 6.54 Å². The molecular weight excluding hydrogens is 303 g/mol. The van der Waals surface area contributed by atoms with Crippen LogP contribution < -0.4 is 5.73 Å². The number of hydrogen-bond donors (Lipinski definition) is 2. The number of alkyl halides is 3. The lowest BCUT2D eigenvalue weighted by Crippen LogP contribution is -2.48. The highest BCUT2D eigenvalue weighted by molar-refractivity contribution is 5.82. The SMILES string of the molecule is CCC(C)C(N)C(=O)N1CCC[C@H]1C#N.O=C(O)C(F)(F)F. The van der Waals surface area contributed by atoms with Crippen LogP contribution in [-0.4, -0.2) is 46.7 Å². The van der Waals surface area contributed by atoms with Crippen molar-refractivity contribution < 1.29 is 27.9 Å². The Labute approximate surface area is 126 Å². The Morgan fingerprint density at radius 3 is 2.36 bits per heavy atom. The first-order chi connectivity index (χ1) is 10.1. The van der Waals surface area contributed by atoms with Gasteiger partial charge < -0.3 is 15.7 Å². The van der Waals surface area contributed by atoms with Gasteiger partial charge in [-0.25, -0.2) is 4.79 Å². The van der Waals surface area contributed by atoms with Crippen LogP contribution in [0.4, 0.5) is 13.2 Å². The number of carboxylic acids is 1. The molecule has 0 aromatic heterocycles. The van der Waals surface area contributed by atoms with Crippen LogP contribution in [0.5, 0.6) is 0 Å². The predicted octanol–water partition coefficient (Wildman–Crippen LogP) is 1.51. The molecule has 0 radical (unpaired) electrons. The Kier molecular flexibility index (Phi) is 7.87. The zero-order valence-electron chi connectivity index (χ0n) is 12.4. The van der Waals surface area contributed by atoms with Crippen LogP contribution in [-0.2, 0) is 9.59 Å². The summed E-state index contributed by atoms with van der Waals surface area (Å²) in [6, 6.07) is 1.44. The van der Waals surface area contributed by atoms with E-state index in [1.807, 2.05) is 13.8 Å². The molecule has 3 atom stereocenters. The fourth-order valence-electron chi connectivity index (χ4n) is 1.85. The average Bonchev–Trinajstić information content (AvgIpc) is 2.92. The molecule has 0 aromatic rings. The molecule has 9 heteroatoms. The fourth-order valence-corrected chi connectivity index (χ4v) is 1.85. The lowest BCUT2D eigenvalue weighted by Gasteiger charge is -2.26. The molecule has 1 aliphatic heterocycles. The van der Waals surface area contributed by atoms with Gasteiger partial charge in [0.05, 0.1) is 12.1 Å². The van der Waals surface area contributed by atoms with E-state index in [-0.39, 0.29) is 17.9 Å². The summed E-state index contributed by atoms with van der Waals surface area (Å²) in [7, 11) is 0. The smallest absolute Gasteiger partial charge is 0.475 e. The van der Waals surface area contributed by atoms with E-state index >= 15 is 0 Å². The maximum Gasteiger partial charge on any atom is 0.490 e. The summed E-state index contributed by atoms with van der Waals surface area (Å²) in [6.45, 7) is 4.67. The van der Waals surface area contributed by atoms with E-state index in [0.717, 1.165) is 19.3 Å². The standard InChI is InChI=1S/C11H19N3O.C2HF3O2/c1-3-8(2)10(13)11(15)14-6-4-5-9(14)7-12;3-2(4,5)1(6)7/h8-10H,3-6,13H2,1-2H3;(H,6,7)/t8?,9-,10?;/m0./s1. The van der Waals surface area contributed by atoms with Gasteiger partial charge in [-0.05, 0) is 18.8 Å². The van der Waals surface area contributed by atoms with Crippen LogP contribution in [0.1, 0.15) is 33.1 Å². The number of nitrogens with zero attached hydrogens (tertiary/aromatic N) is 2. The summed E-state index contributed by atoms with van der Waals surface area (Å²) in [5.74, 6) is -2.64. The van der Waals surface area contributed by atoms with Crippen molar-refractivity contribution in [3.05, 3.63) is 0 Å². The molecule has 126 valence electrons. The number of likely N-dealkylation sites (tertiary alicyclic amines) is 1. The highest BCUT2D eigenvalue weighted by Gasteiger charge is 2.38. The molecule has 0 aromatic carbocycles. The lowest BCUT2D eigenvalue weighted by atomic mass is 9.99. The van der Waals surface area contributed by atoms with Gasteiger partial charge in [-0.3, -0.25) is 4.79 Å². The van der Waals surface area contributed by atoms with Gasteiger partial charge in [-0.1, -0.05) is 20.3 Å². The Balaban J connectivity index is 0.000000534. The maximum atomic E-state index is 12.0. The second-order valence-corrected chi connectivity index (χ2v) is 5.03. The summed E-state index contributed by atoms with van der Waals surface area (Å²) in [5.41, 5.74) is 5.87. The molecule has 1 fully saturated rings. The first-order valence-corrected chi connectivity index (χ1v) is 6.82. The van der Waals surface area contributed by atoms with Crippen molar-refractivity contribution in [3.8, 4) is 6.07 Å². The van der Waals surface area contributed by atoms with E-state index in [9.17, 15) is 18.0 Å². The number of rotatable bonds is 3. The zero-order chi connectivity index (χ0) is 17.5. The van der Waals surface area contributed by atoms with Crippen LogP contribution in [0.2, 0.25) is 0 Å². The number of carboxylic acid groups (broad SMARTS) is 1. The van der Waals surface area contributed by atoms with Crippen LogP contribution in [0.25, 0.3) is 0 Å². The molecule has 2 unspecified atom stereocenters. The van der Waals surface area contributed by atoms with Gasteiger partial charge in [0.2, 0.25) is 5.91 Å². The minimum atomic E-state index is -5.08. The van der Waals surface area contributed by atoms with E-state index in [1.54, 1.807) is 4.90 Å². The predicted molar refractivity (Wildman–Crippen MR) is 71.5 cm³/mol. The highest BCUT2D eigenvalue weighted by atomic mass is 19.4. The molecule has 3 N–H and O–H groups in total. The topological polar surface area (TPSA) is 107 Å². The molecule has 1 amide bonds. The van der Waals surface area contributed by atoms with Gasteiger partial charge in [0, 0.05) is 6.54 Å². The van der Waals surface area contributed by atoms with Crippen molar-refractivity contribution in [1.82, 2.24) is 4.90 Å². The second kappa shape index (κ2) is 8.58. The van der Waals surface area contributed by atoms with Crippen molar-refractivity contribution in [1.29, 1.82) is 5.26 Å². The number of hydrogen-bond acceptors (Lipinski definition) is 4. The Bertz CT molecular complexity index is 434. The average molecular weight is 323 g/mol. The minimum Gasteiger partial charge on any atom is -0.475 e. The molecule has 0 bridgehead atoms. The third-order valence-corrected chi connectivity index (χ3v) is 3.47. The van der Waals surface area contributed by atoms with E-state index in [2.05, 4.69) is 6.07 Å². The van der Waals surface area contributed by atoms with E-state index in [4.69, 9.17) is 20.9 Å². The maximum absolute atomic E-state index is 12.0. The lowest BCUT2D eigenvalue weighted by molar-refractivity contribution is -0.192. The number of carbonyl (C=O) groups is 2. The van der Waals surface area contributed by atoms with Gasteiger partial charge in [-0.2, -0.15) is 18.4 Å². The quantitative estimate of drug-likeness (QED) is 0.818. The van der Waals surface area contributed by atoms with E-state index in [1.165, 1.54) is 0 Å². The van der Waals surface area contributed by atoms with E-state index < -0.39 is 18.2 Å². The fraction of sp³-hybridized carbons (Fsp3) is 0.769. The molecule has 0 spiro atoms. The Morgan fingerprint density at radius 1 is 1.50 bits per heavy atom. The van der Waals surface area contributed by atoms with Crippen LogP contribution >= 0.6 is 0 Å². The Morgan fingerprint density at radius 2 is 2.00 bits per heavy atom. The number of aliphatic carboxylic acids is 1. The normalized spacial score (nSPS) is 20.4. The molecule has 0 aliphatic carbocycles. The second-order valence-electron chi connectivity index (χ2n) is 5.03. The number of halogens is 3. The molecule has 0 saturated carbocycles. The first-order valence-electron chi connectivity index (χ1n) is 6.82. The summed E-state index contributed by atoms with van der Waals surface area (Å²) in [6.07, 6.45) is -2.50. The number of nitrogens with two attached hydrogens (primary N) is 1. The highest BCUT2D eigenvalue weighted by Crippen LogP contribution is 2.19. The largest absolute Gasteiger partial charge is 0.490 e. The molecule has 1 aliphatic rings. The number of carbonyl (C=O) groups excluding carboxylic acids is 1. The van der Waals surface area contributed by atoms with Gasteiger partial charge in [-0.15, -0.1) is 0 Å². The van der Waals surface area contributed by atoms with Gasteiger partial charge in [0.25, 0.3) is 0 Å². The summed E-state index contributed by atoms with van der Waals surface area (Å²) < 4.78 is 31.7. The molecule has 6 nitrogen and oxygen atoms in total. The Hall–Kier alpha value is -1.82. The third kappa shape index (κ3) is 5.89. The van der Waals surface area contributed by atoms with Gasteiger partial charge >= 0.3 is 12.1 Å². The molecular formula is C13H20F3N3O3. The molecule has 1 rings (SSSR count). The minimum absolute atomic E-state index is 0.0617. The van der Waals surface area contributed by atoms with Crippen molar-refractivity contribution in [2.75, 3.05) is 6.54 Å². The van der Waals surface area contributed by atoms with Crippen molar-refractivity contribution in [2.45, 2.75) is 51.4 Å². The summed E-state index contributed by atoms with van der Waals surface area (Å²) in [4.78, 5) is 22.5. The zero-order valence-corrected chi connectivity index (χ0v) is 12.4. The number of amides is 1. The van der Waals surface area contributed by atoms with Crippen LogP contribution in [0.15, 0.2) is 0 Å². The third-order valence-electron chi connectivity index (χ3n) is 3.47. The first kappa shape index (κ1) is 20.2. The van der Waals surface area contributed by atoms with Gasteiger partial charge in [0.15, 0.2) is 0 Å². The van der Waals surface area contributed by atoms with Crippen molar-refractivity contribution in [2.24, 2.45) is 11.7 Å². The van der Waals surface area contributed by atoms with Gasteiger partial charge in [0.1, 0.15) is 6.04 Å². The monoisotopic (exact) mass is 323 g/mol. The summed E-state index contributed by atoms with van der Waals surface area (Å²) >= 11 is 0. The summed E-state index contributed by atoms with van der Waals surface area (Å²) in [5, 5.41) is 16.0. The van der Waals surface area contributed by atoms with Crippen LogP contribution in [0.3, 0.4) is 0 Å². The molecule has 1 heterocycles. The van der Waals surface area contributed by atoms with Crippen molar-refractivity contribution in [3.63, 3.8) is 0 Å². The van der Waals surface area contributed by atoms with Crippen molar-refractivity contribution >= 4 is 11.9 Å². The molecule has 22 heavy (non-hydrogen) atoms. The number of nitriles is 1. The molecule has 1 saturated heterocycles. The van der Waals surface area contributed by atoms with Crippen LogP contribution in [0, 0.1) is 17.2 Å².